The summed E-state index contributed by atoms with van der Waals surface area (Å²) in [5, 5.41) is 0. The van der Waals surface area contributed by atoms with Gasteiger partial charge in [0.15, 0.2) is 0 Å². The van der Waals surface area contributed by atoms with Crippen LogP contribution in [0.5, 0.6) is 0 Å². The summed E-state index contributed by atoms with van der Waals surface area (Å²) >= 11 is 0. The van der Waals surface area contributed by atoms with E-state index >= 15 is 0 Å². The van der Waals surface area contributed by atoms with Crippen LogP contribution >= 0.6 is 0 Å². The Hall–Kier alpha value is -2.07. The SMILES string of the molecule is Nc1cnccc1N1CCN(Cc2ccccc2)CC1. The highest BCUT2D eigenvalue weighted by Crippen LogP contribution is 2.22. The van der Waals surface area contributed by atoms with Crippen LogP contribution in [0.4, 0.5) is 11.4 Å². The number of anilines is 2. The van der Waals surface area contributed by atoms with Crippen LogP contribution in [0.2, 0.25) is 0 Å². The fourth-order valence-corrected chi connectivity index (χ4v) is 2.68. The third kappa shape index (κ3) is 2.91. The van der Waals surface area contributed by atoms with Crippen LogP contribution in [0.3, 0.4) is 0 Å². The molecule has 0 spiro atoms. The van der Waals surface area contributed by atoms with Crippen molar-refractivity contribution in [2.24, 2.45) is 0 Å². The van der Waals surface area contributed by atoms with E-state index in [4.69, 9.17) is 5.73 Å². The van der Waals surface area contributed by atoms with E-state index in [0.29, 0.717) is 0 Å². The lowest BCUT2D eigenvalue weighted by molar-refractivity contribution is 0.250. The molecule has 0 radical (unpaired) electrons. The second kappa shape index (κ2) is 5.92. The van der Waals surface area contributed by atoms with E-state index < -0.39 is 0 Å². The zero-order valence-electron chi connectivity index (χ0n) is 11.6. The summed E-state index contributed by atoms with van der Waals surface area (Å²) < 4.78 is 0. The first-order valence-corrected chi connectivity index (χ1v) is 7.03. The van der Waals surface area contributed by atoms with E-state index in [1.807, 2.05) is 12.3 Å². The predicted molar refractivity (Wildman–Crippen MR) is 82.6 cm³/mol. The van der Waals surface area contributed by atoms with Crippen LogP contribution in [0.1, 0.15) is 5.56 Å². The van der Waals surface area contributed by atoms with Crippen molar-refractivity contribution in [2.75, 3.05) is 36.8 Å². The molecule has 0 aliphatic carbocycles. The van der Waals surface area contributed by atoms with Gasteiger partial charge in [-0.2, -0.15) is 0 Å². The summed E-state index contributed by atoms with van der Waals surface area (Å²) in [5.74, 6) is 0. The van der Waals surface area contributed by atoms with Crippen molar-refractivity contribution < 1.29 is 0 Å². The molecule has 0 unspecified atom stereocenters. The topological polar surface area (TPSA) is 45.4 Å². The minimum Gasteiger partial charge on any atom is -0.396 e. The highest BCUT2D eigenvalue weighted by atomic mass is 15.3. The largest absolute Gasteiger partial charge is 0.396 e. The molecule has 2 N–H and O–H groups in total. The third-order valence-corrected chi connectivity index (χ3v) is 3.79. The third-order valence-electron chi connectivity index (χ3n) is 3.79. The number of piperazine rings is 1. The monoisotopic (exact) mass is 268 g/mol. The summed E-state index contributed by atoms with van der Waals surface area (Å²) in [6, 6.07) is 12.6. The fraction of sp³-hybridized carbons (Fsp3) is 0.312. The molecule has 1 aliphatic heterocycles. The number of hydrogen-bond donors (Lipinski definition) is 1. The molecule has 0 bridgehead atoms. The minimum absolute atomic E-state index is 0.768. The Morgan fingerprint density at radius 1 is 1.00 bits per heavy atom. The van der Waals surface area contributed by atoms with Crippen LogP contribution < -0.4 is 10.6 Å². The van der Waals surface area contributed by atoms with Crippen LogP contribution in [0.15, 0.2) is 48.8 Å². The summed E-state index contributed by atoms with van der Waals surface area (Å²) in [7, 11) is 0. The van der Waals surface area contributed by atoms with Crippen molar-refractivity contribution in [2.45, 2.75) is 6.54 Å². The number of nitrogens with zero attached hydrogens (tertiary/aromatic N) is 3. The summed E-state index contributed by atoms with van der Waals surface area (Å²) in [5.41, 5.74) is 9.25. The Balaban J connectivity index is 1.59. The molecular weight excluding hydrogens is 248 g/mol. The van der Waals surface area contributed by atoms with Crippen LogP contribution in [-0.2, 0) is 6.54 Å². The summed E-state index contributed by atoms with van der Waals surface area (Å²) in [6.45, 7) is 5.19. The van der Waals surface area contributed by atoms with Gasteiger partial charge in [-0.15, -0.1) is 0 Å². The van der Waals surface area contributed by atoms with Crippen molar-refractivity contribution in [3.63, 3.8) is 0 Å². The number of hydrogen-bond acceptors (Lipinski definition) is 4. The molecule has 1 fully saturated rings. The lowest BCUT2D eigenvalue weighted by Crippen LogP contribution is -2.46. The second-order valence-corrected chi connectivity index (χ2v) is 5.18. The maximum absolute atomic E-state index is 5.99. The number of aromatic nitrogens is 1. The van der Waals surface area contributed by atoms with E-state index in [1.165, 1.54) is 5.56 Å². The fourth-order valence-electron chi connectivity index (χ4n) is 2.68. The van der Waals surface area contributed by atoms with E-state index in [-0.39, 0.29) is 0 Å². The molecule has 3 rings (SSSR count). The number of benzene rings is 1. The lowest BCUT2D eigenvalue weighted by Gasteiger charge is -2.36. The Morgan fingerprint density at radius 2 is 1.75 bits per heavy atom. The minimum atomic E-state index is 0.768. The average molecular weight is 268 g/mol. The smallest absolute Gasteiger partial charge is 0.0738 e. The predicted octanol–water partition coefficient (Wildman–Crippen LogP) is 1.99. The zero-order valence-corrected chi connectivity index (χ0v) is 11.6. The molecule has 1 aliphatic rings. The highest BCUT2D eigenvalue weighted by Gasteiger charge is 2.18. The maximum atomic E-state index is 5.99. The van der Waals surface area contributed by atoms with Gasteiger partial charge >= 0.3 is 0 Å². The van der Waals surface area contributed by atoms with E-state index in [2.05, 4.69) is 45.1 Å². The molecule has 0 atom stereocenters. The lowest BCUT2D eigenvalue weighted by atomic mass is 10.2. The van der Waals surface area contributed by atoms with Gasteiger partial charge < -0.3 is 10.6 Å². The molecule has 2 heterocycles. The van der Waals surface area contributed by atoms with Gasteiger partial charge in [0.2, 0.25) is 0 Å². The molecular formula is C16H20N4. The molecule has 0 saturated carbocycles. The Bertz CT molecular complexity index is 547. The second-order valence-electron chi connectivity index (χ2n) is 5.18. The first-order chi connectivity index (χ1) is 9.83. The van der Waals surface area contributed by atoms with Crippen LogP contribution in [0.25, 0.3) is 0 Å². The van der Waals surface area contributed by atoms with Gasteiger partial charge in [-0.3, -0.25) is 9.88 Å². The van der Waals surface area contributed by atoms with E-state index in [1.54, 1.807) is 6.20 Å². The van der Waals surface area contributed by atoms with Gasteiger partial charge in [0.25, 0.3) is 0 Å². The van der Waals surface area contributed by atoms with Gasteiger partial charge in [-0.05, 0) is 11.6 Å². The molecule has 0 amide bonds. The van der Waals surface area contributed by atoms with Crippen molar-refractivity contribution in [3.8, 4) is 0 Å². The van der Waals surface area contributed by atoms with Crippen LogP contribution in [0, 0.1) is 0 Å². The molecule has 1 aromatic carbocycles. The van der Waals surface area contributed by atoms with Crippen molar-refractivity contribution in [1.82, 2.24) is 9.88 Å². The normalized spacial score (nSPS) is 16.3. The van der Waals surface area contributed by atoms with Crippen molar-refractivity contribution in [3.05, 3.63) is 54.4 Å². The Kier molecular flexibility index (Phi) is 3.83. The molecule has 104 valence electrons. The van der Waals surface area contributed by atoms with Gasteiger partial charge in [0, 0.05) is 38.9 Å². The zero-order chi connectivity index (χ0) is 13.8. The number of nitrogen functional groups attached to an aromatic ring is 1. The van der Waals surface area contributed by atoms with Gasteiger partial charge in [0.1, 0.15) is 0 Å². The summed E-state index contributed by atoms with van der Waals surface area (Å²) in [6.07, 6.45) is 3.54. The number of nitrogens with two attached hydrogens (primary N) is 1. The standard InChI is InChI=1S/C16H20N4/c17-15-12-18-7-6-16(15)20-10-8-19(9-11-20)13-14-4-2-1-3-5-14/h1-7,12H,8-11,13,17H2. The molecule has 20 heavy (non-hydrogen) atoms. The Morgan fingerprint density at radius 3 is 2.45 bits per heavy atom. The highest BCUT2D eigenvalue weighted by molar-refractivity contribution is 5.66. The van der Waals surface area contributed by atoms with Crippen LogP contribution in [-0.4, -0.2) is 36.1 Å². The molecule has 1 saturated heterocycles. The van der Waals surface area contributed by atoms with E-state index in [0.717, 1.165) is 44.1 Å². The molecule has 2 aromatic rings. The summed E-state index contributed by atoms with van der Waals surface area (Å²) in [4.78, 5) is 8.88. The van der Waals surface area contributed by atoms with Gasteiger partial charge in [0.05, 0.1) is 17.6 Å². The molecule has 4 nitrogen and oxygen atoms in total. The number of rotatable bonds is 3. The number of pyridine rings is 1. The Labute approximate surface area is 119 Å². The van der Waals surface area contributed by atoms with Crippen molar-refractivity contribution >= 4 is 11.4 Å². The quantitative estimate of drug-likeness (QED) is 0.924. The molecule has 4 heteroatoms. The maximum Gasteiger partial charge on any atom is 0.0738 e. The van der Waals surface area contributed by atoms with Gasteiger partial charge in [-0.25, -0.2) is 0 Å². The average Bonchev–Trinajstić information content (AvgIpc) is 2.50. The first-order valence-electron chi connectivity index (χ1n) is 7.03. The first kappa shape index (κ1) is 12.9. The van der Waals surface area contributed by atoms with Gasteiger partial charge in [-0.1, -0.05) is 30.3 Å². The molecule has 1 aromatic heterocycles. The van der Waals surface area contributed by atoms with E-state index in [9.17, 15) is 0 Å². The van der Waals surface area contributed by atoms with Crippen molar-refractivity contribution in [1.29, 1.82) is 0 Å².